The molecule has 1 nitrogen and oxygen atoms in total. The van der Waals surface area contributed by atoms with Crippen molar-refractivity contribution in [1.82, 2.24) is 0 Å². The number of benzene rings is 9. The van der Waals surface area contributed by atoms with Gasteiger partial charge in [-0.25, -0.2) is 0 Å². The smallest absolute Gasteiger partial charge is 0.0540 e. The van der Waals surface area contributed by atoms with Crippen LogP contribution in [0.1, 0.15) is 0 Å². The van der Waals surface area contributed by atoms with E-state index in [1.165, 1.54) is 77.5 Å². The molecule has 0 N–H and O–H groups in total. The Kier molecular flexibility index (Phi) is 7.55. The fraction of sp³-hybridized carbons (Fsp3) is 0. The van der Waals surface area contributed by atoms with Crippen molar-refractivity contribution in [2.75, 3.05) is 4.90 Å². The Balaban J connectivity index is 1.39. The highest BCUT2D eigenvalue weighted by Gasteiger charge is 2.34. The maximum Gasteiger partial charge on any atom is 0.0540 e. The van der Waals surface area contributed by atoms with Gasteiger partial charge in [0.05, 0.1) is 5.69 Å². The van der Waals surface area contributed by atoms with E-state index in [0.717, 1.165) is 17.1 Å². The monoisotopic (exact) mass is 673 g/mol. The summed E-state index contributed by atoms with van der Waals surface area (Å²) in [7, 11) is 0. The second-order valence-electron chi connectivity index (χ2n) is 13.6. The van der Waals surface area contributed by atoms with Crippen LogP contribution in [0.15, 0.2) is 212 Å². The van der Waals surface area contributed by atoms with E-state index in [-0.39, 0.29) is 0 Å². The van der Waals surface area contributed by atoms with Crippen LogP contribution in [0.25, 0.3) is 77.5 Å². The Hall–Kier alpha value is -6.96. The van der Waals surface area contributed by atoms with E-state index in [2.05, 4.69) is 217 Å². The molecule has 0 fully saturated rings. The standard InChI is InChI=1S/C52H35N/c1-7-20-36(21-8-1)46-47(37-22-9-2-10-23-37)49(39-26-13-4-14-27-39)52-44-34-35-45(53(40-28-15-5-16-29-40)41-30-17-6-18-31-41)42-32-19-33-43(50(42)44)51(52)48(46)38-24-11-3-12-25-38/h1-35H. The Morgan fingerprint density at radius 1 is 0.245 bits per heavy atom. The van der Waals surface area contributed by atoms with Crippen LogP contribution in [-0.4, -0.2) is 0 Å². The van der Waals surface area contributed by atoms with E-state index >= 15 is 0 Å². The number of hydrogen-bond acceptors (Lipinski definition) is 1. The van der Waals surface area contributed by atoms with E-state index in [9.17, 15) is 0 Å². The summed E-state index contributed by atoms with van der Waals surface area (Å²) in [5, 5.41) is 2.51. The molecule has 10 rings (SSSR count). The van der Waals surface area contributed by atoms with Crippen LogP contribution in [0, 0.1) is 0 Å². The van der Waals surface area contributed by atoms with Gasteiger partial charge in [-0.3, -0.25) is 0 Å². The number of hydrogen-bond donors (Lipinski definition) is 0. The van der Waals surface area contributed by atoms with Crippen LogP contribution in [0.3, 0.4) is 0 Å². The van der Waals surface area contributed by atoms with E-state index in [4.69, 9.17) is 0 Å². The third-order valence-corrected chi connectivity index (χ3v) is 10.6. The summed E-state index contributed by atoms with van der Waals surface area (Å²) in [5.74, 6) is 0. The van der Waals surface area contributed by atoms with Gasteiger partial charge in [0, 0.05) is 16.8 Å². The first-order chi connectivity index (χ1) is 26.4. The normalized spacial score (nSPS) is 11.4. The molecule has 0 saturated carbocycles. The highest BCUT2D eigenvalue weighted by molar-refractivity contribution is 6.27. The first-order valence-corrected chi connectivity index (χ1v) is 18.3. The molecule has 1 aliphatic carbocycles. The Morgan fingerprint density at radius 2 is 0.585 bits per heavy atom. The van der Waals surface area contributed by atoms with E-state index in [0.29, 0.717) is 0 Å². The van der Waals surface area contributed by atoms with Crippen LogP contribution in [0.2, 0.25) is 0 Å². The average Bonchev–Trinajstić information content (AvgIpc) is 3.58. The summed E-state index contributed by atoms with van der Waals surface area (Å²) >= 11 is 0. The van der Waals surface area contributed by atoms with Gasteiger partial charge in [0.1, 0.15) is 0 Å². The van der Waals surface area contributed by atoms with Crippen LogP contribution < -0.4 is 4.90 Å². The lowest BCUT2D eigenvalue weighted by molar-refractivity contribution is 1.30. The Labute approximate surface area is 310 Å². The van der Waals surface area contributed by atoms with Crippen molar-refractivity contribution >= 4 is 27.8 Å². The molecule has 9 aromatic rings. The van der Waals surface area contributed by atoms with Crippen molar-refractivity contribution < 1.29 is 0 Å². The number of rotatable bonds is 7. The third-order valence-electron chi connectivity index (χ3n) is 10.6. The molecule has 0 radical (unpaired) electrons. The highest BCUT2D eigenvalue weighted by atomic mass is 15.1. The molecule has 1 heteroatoms. The summed E-state index contributed by atoms with van der Waals surface area (Å²) < 4.78 is 0. The quantitative estimate of drug-likeness (QED) is 0.163. The predicted molar refractivity (Wildman–Crippen MR) is 225 cm³/mol. The predicted octanol–water partition coefficient (Wildman–Crippen LogP) is 14.6. The number of nitrogens with zero attached hydrogens (tertiary/aromatic N) is 1. The minimum Gasteiger partial charge on any atom is -0.310 e. The molecule has 0 amide bonds. The van der Waals surface area contributed by atoms with Crippen LogP contribution >= 0.6 is 0 Å². The lowest BCUT2D eigenvalue weighted by atomic mass is 9.76. The Bertz CT molecular complexity index is 2570. The van der Waals surface area contributed by atoms with Gasteiger partial charge in [-0.2, -0.15) is 0 Å². The third kappa shape index (κ3) is 5.09. The maximum atomic E-state index is 2.40. The molecule has 0 unspecified atom stereocenters. The highest BCUT2D eigenvalue weighted by Crippen LogP contribution is 2.61. The van der Waals surface area contributed by atoms with E-state index in [1.807, 2.05) is 0 Å². The molecule has 0 saturated heterocycles. The zero-order valence-corrected chi connectivity index (χ0v) is 29.2. The van der Waals surface area contributed by atoms with Crippen molar-refractivity contribution in [2.45, 2.75) is 0 Å². The summed E-state index contributed by atoms with van der Waals surface area (Å²) in [6, 6.07) is 77.1. The Morgan fingerprint density at radius 3 is 0.981 bits per heavy atom. The summed E-state index contributed by atoms with van der Waals surface area (Å²) in [5.41, 5.74) is 18.4. The van der Waals surface area contributed by atoms with Gasteiger partial charge in [0.2, 0.25) is 0 Å². The molecule has 0 aliphatic heterocycles. The summed E-state index contributed by atoms with van der Waals surface area (Å²) in [6.07, 6.45) is 0. The van der Waals surface area contributed by atoms with Crippen LogP contribution in [-0.2, 0) is 0 Å². The molecule has 1 aliphatic rings. The second-order valence-corrected chi connectivity index (χ2v) is 13.6. The van der Waals surface area contributed by atoms with Crippen molar-refractivity contribution in [3.05, 3.63) is 212 Å². The topological polar surface area (TPSA) is 3.24 Å². The van der Waals surface area contributed by atoms with E-state index < -0.39 is 0 Å². The fourth-order valence-electron chi connectivity index (χ4n) is 8.45. The molecular weight excluding hydrogens is 639 g/mol. The zero-order chi connectivity index (χ0) is 35.1. The molecule has 0 aromatic heterocycles. The van der Waals surface area contributed by atoms with Crippen LogP contribution in [0.5, 0.6) is 0 Å². The van der Waals surface area contributed by atoms with Crippen molar-refractivity contribution in [3.8, 4) is 66.8 Å². The van der Waals surface area contributed by atoms with Crippen molar-refractivity contribution in [3.63, 3.8) is 0 Å². The van der Waals surface area contributed by atoms with E-state index in [1.54, 1.807) is 0 Å². The molecule has 0 atom stereocenters. The summed E-state index contributed by atoms with van der Waals surface area (Å²) in [4.78, 5) is 2.40. The minimum absolute atomic E-state index is 1.13. The number of para-hydroxylation sites is 2. The molecule has 248 valence electrons. The number of fused-ring (bicyclic) bond motifs is 3. The minimum atomic E-state index is 1.13. The first kappa shape index (κ1) is 30.8. The first-order valence-electron chi connectivity index (χ1n) is 18.3. The van der Waals surface area contributed by atoms with Gasteiger partial charge in [0.15, 0.2) is 0 Å². The zero-order valence-electron chi connectivity index (χ0n) is 29.2. The van der Waals surface area contributed by atoms with Gasteiger partial charge in [-0.05, 0) is 102 Å². The van der Waals surface area contributed by atoms with Gasteiger partial charge >= 0.3 is 0 Å². The molecule has 0 spiro atoms. The molecule has 0 bridgehead atoms. The molecule has 0 heterocycles. The lowest BCUT2D eigenvalue weighted by Crippen LogP contribution is -2.10. The lowest BCUT2D eigenvalue weighted by Gasteiger charge is -2.27. The van der Waals surface area contributed by atoms with Gasteiger partial charge in [0.25, 0.3) is 0 Å². The van der Waals surface area contributed by atoms with Gasteiger partial charge < -0.3 is 4.90 Å². The SMILES string of the molecule is c1ccc(-c2c(-c3ccccc3)c(-c3ccccc3)c3c(c2-c2ccccc2)-c2cccc4c(N(c5ccccc5)c5ccccc5)ccc-3c24)cc1. The van der Waals surface area contributed by atoms with Gasteiger partial charge in [-0.15, -0.1) is 0 Å². The molecular formula is C52H35N. The number of anilines is 3. The largest absolute Gasteiger partial charge is 0.310 e. The fourth-order valence-corrected chi connectivity index (χ4v) is 8.45. The van der Waals surface area contributed by atoms with Crippen molar-refractivity contribution in [1.29, 1.82) is 0 Å². The van der Waals surface area contributed by atoms with Crippen LogP contribution in [0.4, 0.5) is 17.1 Å². The summed E-state index contributed by atoms with van der Waals surface area (Å²) in [6.45, 7) is 0. The second kappa shape index (κ2) is 13.0. The van der Waals surface area contributed by atoms with Crippen molar-refractivity contribution in [2.24, 2.45) is 0 Å². The molecule has 9 aromatic carbocycles. The average molecular weight is 674 g/mol. The van der Waals surface area contributed by atoms with Gasteiger partial charge in [-0.1, -0.05) is 182 Å². The maximum absolute atomic E-state index is 2.40. The molecule has 53 heavy (non-hydrogen) atoms.